The third-order valence-corrected chi connectivity index (χ3v) is 5.22. The minimum absolute atomic E-state index is 0.0135. The van der Waals surface area contributed by atoms with Crippen LogP contribution in [0, 0.1) is 11.8 Å². The largest absolute Gasteiger partial charge is 0.508 e. The Balaban J connectivity index is 1.84. The van der Waals surface area contributed by atoms with Crippen molar-refractivity contribution in [3.8, 4) is 5.75 Å². The molecule has 1 saturated carbocycles. The molecule has 2 aliphatic rings. The zero-order valence-corrected chi connectivity index (χ0v) is 13.8. The molecule has 0 aliphatic heterocycles. The summed E-state index contributed by atoms with van der Waals surface area (Å²) in [7, 11) is 0. The molecule has 25 heavy (non-hydrogen) atoms. The van der Waals surface area contributed by atoms with E-state index in [1.54, 1.807) is 36.4 Å². The van der Waals surface area contributed by atoms with E-state index < -0.39 is 5.92 Å². The van der Waals surface area contributed by atoms with Crippen LogP contribution in [0.15, 0.2) is 53.5 Å². The minimum Gasteiger partial charge on any atom is -0.508 e. The van der Waals surface area contributed by atoms with Gasteiger partial charge >= 0.3 is 0 Å². The van der Waals surface area contributed by atoms with E-state index in [2.05, 4.69) is 4.99 Å². The lowest BCUT2D eigenvalue weighted by Crippen LogP contribution is -2.40. The van der Waals surface area contributed by atoms with Gasteiger partial charge in [-0.25, -0.2) is 4.99 Å². The zero-order chi connectivity index (χ0) is 17.4. The van der Waals surface area contributed by atoms with Gasteiger partial charge in [-0.05, 0) is 43.0 Å². The second kappa shape index (κ2) is 6.28. The fourth-order valence-corrected chi connectivity index (χ4v) is 3.98. The normalized spacial score (nSPS) is 22.4. The molecule has 0 heterocycles. The van der Waals surface area contributed by atoms with E-state index in [4.69, 9.17) is 0 Å². The van der Waals surface area contributed by atoms with Gasteiger partial charge in [0, 0.05) is 11.1 Å². The molecule has 0 bridgehead atoms. The number of aromatic hydroxyl groups is 1. The van der Waals surface area contributed by atoms with Crippen LogP contribution in [0.25, 0.3) is 0 Å². The van der Waals surface area contributed by atoms with Crippen molar-refractivity contribution in [1.29, 1.82) is 0 Å². The van der Waals surface area contributed by atoms with Crippen LogP contribution in [0.1, 0.15) is 46.4 Å². The molecule has 2 aromatic carbocycles. The molecule has 0 radical (unpaired) electrons. The van der Waals surface area contributed by atoms with Crippen molar-refractivity contribution in [2.24, 2.45) is 16.8 Å². The predicted octanol–water partition coefficient (Wildman–Crippen LogP) is 4.35. The molecule has 2 aromatic rings. The Labute approximate surface area is 146 Å². The van der Waals surface area contributed by atoms with Crippen LogP contribution in [0.3, 0.4) is 0 Å². The maximum atomic E-state index is 13.1. The highest BCUT2D eigenvalue weighted by Crippen LogP contribution is 2.38. The van der Waals surface area contributed by atoms with Crippen molar-refractivity contribution in [2.75, 3.05) is 0 Å². The van der Waals surface area contributed by atoms with Crippen LogP contribution in [0.5, 0.6) is 5.75 Å². The first-order valence-electron chi connectivity index (χ1n) is 8.70. The molecule has 0 amide bonds. The summed E-state index contributed by atoms with van der Waals surface area (Å²) in [6.45, 7) is 0. The van der Waals surface area contributed by atoms with Crippen molar-refractivity contribution in [3.05, 3.63) is 59.7 Å². The molecule has 1 atom stereocenters. The first kappa shape index (κ1) is 15.8. The summed E-state index contributed by atoms with van der Waals surface area (Å²) in [6.07, 6.45) is 4.11. The number of hydrogen-bond donors (Lipinski definition) is 1. The second-order valence-electron chi connectivity index (χ2n) is 6.77. The average molecular weight is 333 g/mol. The number of phenolic OH excluding ortho intramolecular Hbond substituents is 1. The van der Waals surface area contributed by atoms with E-state index >= 15 is 0 Å². The number of carbonyl (C=O) groups is 2. The Morgan fingerprint density at radius 3 is 2.20 bits per heavy atom. The number of hydrogen-bond acceptors (Lipinski definition) is 4. The van der Waals surface area contributed by atoms with Crippen molar-refractivity contribution in [2.45, 2.75) is 25.7 Å². The summed E-state index contributed by atoms with van der Waals surface area (Å²) in [6, 6.07) is 13.4. The molecule has 0 aromatic heterocycles. The molecule has 4 heteroatoms. The van der Waals surface area contributed by atoms with Crippen LogP contribution >= 0.6 is 0 Å². The average Bonchev–Trinajstić information content (AvgIpc) is 3.15. The number of ketones is 2. The van der Waals surface area contributed by atoms with Crippen LogP contribution in [-0.4, -0.2) is 22.4 Å². The van der Waals surface area contributed by atoms with E-state index in [1.165, 1.54) is 12.1 Å². The molecular formula is C21H19NO3. The van der Waals surface area contributed by atoms with Crippen LogP contribution in [-0.2, 0) is 0 Å². The predicted molar refractivity (Wildman–Crippen MR) is 95.8 cm³/mol. The molecule has 4 rings (SSSR count). The Kier molecular flexibility index (Phi) is 3.96. The highest BCUT2D eigenvalue weighted by Gasteiger charge is 2.43. The molecule has 0 spiro atoms. The lowest BCUT2D eigenvalue weighted by Gasteiger charge is -2.28. The first-order valence-corrected chi connectivity index (χ1v) is 8.70. The Morgan fingerprint density at radius 2 is 1.52 bits per heavy atom. The maximum Gasteiger partial charge on any atom is 0.208 e. The van der Waals surface area contributed by atoms with Crippen LogP contribution in [0.2, 0.25) is 0 Å². The Hall–Kier alpha value is -2.75. The van der Waals surface area contributed by atoms with E-state index in [-0.39, 0.29) is 23.2 Å². The van der Waals surface area contributed by atoms with Crippen molar-refractivity contribution in [3.63, 3.8) is 0 Å². The van der Waals surface area contributed by atoms with Gasteiger partial charge in [0.05, 0.1) is 11.6 Å². The van der Waals surface area contributed by atoms with E-state index in [9.17, 15) is 14.7 Å². The zero-order valence-electron chi connectivity index (χ0n) is 13.8. The second-order valence-corrected chi connectivity index (χ2v) is 6.77. The molecule has 2 aliphatic carbocycles. The van der Waals surface area contributed by atoms with E-state index in [1.807, 2.05) is 0 Å². The Morgan fingerprint density at radius 1 is 0.880 bits per heavy atom. The summed E-state index contributed by atoms with van der Waals surface area (Å²) in [5.74, 6) is -0.271. The number of Topliss-reactive ketones (excluding diaryl/α,β-unsaturated/α-hetero) is 2. The highest BCUT2D eigenvalue weighted by molar-refractivity contribution is 6.54. The fourth-order valence-electron chi connectivity index (χ4n) is 3.98. The lowest BCUT2D eigenvalue weighted by atomic mass is 9.73. The van der Waals surface area contributed by atoms with Gasteiger partial charge in [0.1, 0.15) is 11.5 Å². The lowest BCUT2D eigenvalue weighted by molar-refractivity contribution is 0.0888. The van der Waals surface area contributed by atoms with Gasteiger partial charge in [-0.3, -0.25) is 9.59 Å². The number of aliphatic imine (C=N–C) groups is 1. The number of nitrogens with zero attached hydrogens (tertiary/aromatic N) is 1. The van der Waals surface area contributed by atoms with Gasteiger partial charge in [0.15, 0.2) is 5.78 Å². The smallest absolute Gasteiger partial charge is 0.208 e. The van der Waals surface area contributed by atoms with E-state index in [0.29, 0.717) is 22.5 Å². The summed E-state index contributed by atoms with van der Waals surface area (Å²) < 4.78 is 0. The molecule has 0 saturated heterocycles. The fraction of sp³-hybridized carbons (Fsp3) is 0.286. The summed E-state index contributed by atoms with van der Waals surface area (Å²) in [4.78, 5) is 30.8. The van der Waals surface area contributed by atoms with Gasteiger partial charge in [-0.1, -0.05) is 37.1 Å². The highest BCUT2D eigenvalue weighted by atomic mass is 16.3. The third kappa shape index (κ3) is 2.78. The van der Waals surface area contributed by atoms with Gasteiger partial charge in [-0.15, -0.1) is 0 Å². The van der Waals surface area contributed by atoms with Crippen molar-refractivity contribution >= 4 is 23.0 Å². The van der Waals surface area contributed by atoms with Gasteiger partial charge in [0.2, 0.25) is 5.78 Å². The minimum atomic E-state index is -0.460. The molecular weight excluding hydrogens is 314 g/mol. The number of rotatable bonds is 2. The summed E-state index contributed by atoms with van der Waals surface area (Å²) >= 11 is 0. The third-order valence-electron chi connectivity index (χ3n) is 5.22. The number of phenols is 1. The van der Waals surface area contributed by atoms with Crippen LogP contribution in [0.4, 0.5) is 5.69 Å². The number of carbonyl (C=O) groups excluding carboxylic acids is 2. The van der Waals surface area contributed by atoms with Crippen LogP contribution < -0.4 is 0 Å². The molecule has 126 valence electrons. The Bertz CT molecular complexity index is 861. The van der Waals surface area contributed by atoms with Crippen molar-refractivity contribution in [1.82, 2.24) is 0 Å². The molecule has 4 nitrogen and oxygen atoms in total. The van der Waals surface area contributed by atoms with Gasteiger partial charge in [0.25, 0.3) is 0 Å². The molecule has 1 N–H and O–H groups in total. The van der Waals surface area contributed by atoms with E-state index in [0.717, 1.165) is 25.7 Å². The number of benzene rings is 2. The summed E-state index contributed by atoms with van der Waals surface area (Å²) in [5.41, 5.74) is 1.89. The maximum absolute atomic E-state index is 13.1. The van der Waals surface area contributed by atoms with Crippen molar-refractivity contribution < 1.29 is 14.7 Å². The topological polar surface area (TPSA) is 66.7 Å². The summed E-state index contributed by atoms with van der Waals surface area (Å²) in [5, 5.41) is 9.44. The molecule has 1 fully saturated rings. The van der Waals surface area contributed by atoms with Gasteiger partial charge < -0.3 is 5.11 Å². The standard InChI is InChI=1S/C21H19NO3/c23-15-11-9-14(10-12-15)22-19-18(13-5-1-2-6-13)20(24)16-7-3-4-8-17(16)21(19)25/h3-4,7-13,18,23H,1-2,5-6H2. The quantitative estimate of drug-likeness (QED) is 0.888. The first-order chi connectivity index (χ1) is 12.1. The number of fused-ring (bicyclic) bond motifs is 1. The SMILES string of the molecule is O=C1C(=Nc2ccc(O)cc2)C(C2CCCC2)C(=O)c2ccccc21. The van der Waals surface area contributed by atoms with Gasteiger partial charge in [-0.2, -0.15) is 0 Å². The monoisotopic (exact) mass is 333 g/mol. The molecule has 1 unspecified atom stereocenters.